The number of pyridine rings is 2. The molecule has 3 aromatic carbocycles. The standard InChI is InChI=1S/C48H40N12O18/c1-18-11-21(36(61)51-5)12-27(46(73)74)31(18)55-57-34-20(3)32(50-4)41(66)60(43(34)68)10-8-54-39(64)24-16-25(44(69)70)23(15-26(24)45(71)72)38(63)53-7-9-59-40(65)30(17-49)19(2)33(42(59)67)56-58-35-28(47(75)76)13-22(37(62)52-6)14-29(35)48(77)78/h11-16,65-66H,7-10H2,1-3,5-6H3,(H,51,61)(H,52,62)(H,53,63)(H,54,64)(H,69,70)(H,71,72)(H,73,74)(H,75,76)(H,77,78). The van der Waals surface area contributed by atoms with E-state index < -0.39 is 170 Å². The summed E-state index contributed by atoms with van der Waals surface area (Å²) in [7, 11) is 2.52. The summed E-state index contributed by atoms with van der Waals surface area (Å²) >= 11 is 0. The van der Waals surface area contributed by atoms with Crippen molar-refractivity contribution in [2.24, 2.45) is 20.5 Å². The van der Waals surface area contributed by atoms with Crippen molar-refractivity contribution in [3.63, 3.8) is 0 Å². The molecular formula is C48H40N12O18. The van der Waals surface area contributed by atoms with Crippen LogP contribution in [0.5, 0.6) is 11.8 Å². The maximum absolute atomic E-state index is 13.7. The van der Waals surface area contributed by atoms with Crippen LogP contribution in [0.1, 0.15) is 115 Å². The van der Waals surface area contributed by atoms with E-state index in [0.29, 0.717) is 21.3 Å². The Hall–Kier alpha value is -11.4. The number of carboxylic acid groups (broad SMARTS) is 5. The fraction of sp³-hybridized carbons (Fsp3) is 0.188. The molecule has 2 heterocycles. The van der Waals surface area contributed by atoms with E-state index in [1.165, 1.54) is 34.0 Å². The molecule has 0 saturated heterocycles. The van der Waals surface area contributed by atoms with Gasteiger partial charge in [-0.25, -0.2) is 28.8 Å². The van der Waals surface area contributed by atoms with Crippen molar-refractivity contribution in [3.05, 3.63) is 141 Å². The molecule has 400 valence electrons. The normalized spacial score (nSPS) is 10.9. The molecule has 0 saturated carbocycles. The van der Waals surface area contributed by atoms with Crippen LogP contribution in [0.4, 0.5) is 28.4 Å². The van der Waals surface area contributed by atoms with Gasteiger partial charge >= 0.3 is 29.8 Å². The summed E-state index contributed by atoms with van der Waals surface area (Å²) < 4.78 is 1.08. The predicted octanol–water partition coefficient (Wildman–Crippen LogP) is 3.67. The van der Waals surface area contributed by atoms with Crippen LogP contribution in [0.2, 0.25) is 0 Å². The summed E-state index contributed by atoms with van der Waals surface area (Å²) in [6.45, 7) is 8.70. The number of nitriles is 1. The second-order valence-electron chi connectivity index (χ2n) is 16.1. The van der Waals surface area contributed by atoms with E-state index in [4.69, 9.17) is 6.57 Å². The second kappa shape index (κ2) is 23.6. The number of aromatic nitrogens is 2. The summed E-state index contributed by atoms with van der Waals surface area (Å²) in [6, 6.07) is 6.63. The molecular weight excluding hydrogens is 1030 g/mol. The van der Waals surface area contributed by atoms with E-state index in [0.717, 1.165) is 25.1 Å². The lowest BCUT2D eigenvalue weighted by Crippen LogP contribution is -2.34. The number of benzene rings is 3. The largest absolute Gasteiger partial charge is 0.503 e. The zero-order valence-corrected chi connectivity index (χ0v) is 41.0. The van der Waals surface area contributed by atoms with E-state index in [2.05, 4.69) is 46.6 Å². The Morgan fingerprint density at radius 2 is 0.910 bits per heavy atom. The number of aromatic carboxylic acids is 5. The number of carbonyl (C=O) groups is 9. The molecule has 5 rings (SSSR count). The average molecular weight is 1070 g/mol. The summed E-state index contributed by atoms with van der Waals surface area (Å²) in [5.74, 6) is -14.7. The van der Waals surface area contributed by atoms with Gasteiger partial charge in [0.2, 0.25) is 11.6 Å². The van der Waals surface area contributed by atoms with Crippen LogP contribution in [0.25, 0.3) is 4.85 Å². The number of rotatable bonds is 19. The van der Waals surface area contributed by atoms with Crippen molar-refractivity contribution in [1.82, 2.24) is 30.4 Å². The number of hydrogen-bond donors (Lipinski definition) is 11. The van der Waals surface area contributed by atoms with Crippen LogP contribution in [0, 0.1) is 38.7 Å². The van der Waals surface area contributed by atoms with E-state index in [-0.39, 0.29) is 33.5 Å². The fourth-order valence-electron chi connectivity index (χ4n) is 7.49. The van der Waals surface area contributed by atoms with Crippen molar-refractivity contribution >= 4 is 81.9 Å². The quantitative estimate of drug-likeness (QED) is 0.0415. The van der Waals surface area contributed by atoms with Gasteiger partial charge in [0.25, 0.3) is 34.7 Å². The number of hydrogen-bond acceptors (Lipinski definition) is 18. The molecule has 0 aliphatic heterocycles. The molecule has 0 radical (unpaired) electrons. The first-order chi connectivity index (χ1) is 36.8. The summed E-state index contributed by atoms with van der Waals surface area (Å²) in [4.78, 5) is 143. The van der Waals surface area contributed by atoms with Gasteiger partial charge in [-0.05, 0) is 68.3 Å². The van der Waals surface area contributed by atoms with Crippen LogP contribution in [0.3, 0.4) is 0 Å². The number of nitrogens with zero attached hydrogens (tertiary/aromatic N) is 8. The van der Waals surface area contributed by atoms with E-state index >= 15 is 0 Å². The third-order valence-electron chi connectivity index (χ3n) is 11.4. The molecule has 0 atom stereocenters. The monoisotopic (exact) mass is 1070 g/mol. The highest BCUT2D eigenvalue weighted by Crippen LogP contribution is 2.36. The predicted molar refractivity (Wildman–Crippen MR) is 264 cm³/mol. The van der Waals surface area contributed by atoms with Crippen LogP contribution in [0.15, 0.2) is 66.4 Å². The van der Waals surface area contributed by atoms with Gasteiger partial charge in [-0.3, -0.25) is 37.9 Å². The minimum atomic E-state index is -1.86. The molecule has 11 N–H and O–H groups in total. The highest BCUT2D eigenvalue weighted by atomic mass is 16.4. The zero-order chi connectivity index (χ0) is 58.2. The lowest BCUT2D eigenvalue weighted by atomic mass is 9.97. The molecule has 0 fully saturated rings. The third-order valence-corrected chi connectivity index (χ3v) is 11.4. The molecule has 0 aliphatic rings. The van der Waals surface area contributed by atoms with Gasteiger partial charge in [-0.2, -0.15) is 5.26 Å². The molecule has 5 aromatic rings. The molecule has 0 bridgehead atoms. The van der Waals surface area contributed by atoms with Gasteiger partial charge < -0.3 is 57.0 Å². The van der Waals surface area contributed by atoms with Crippen molar-refractivity contribution in [2.45, 2.75) is 33.9 Å². The maximum Gasteiger partial charge on any atom is 0.338 e. The van der Waals surface area contributed by atoms with Crippen molar-refractivity contribution in [2.75, 3.05) is 27.2 Å². The minimum absolute atomic E-state index is 0.0254. The first-order valence-electron chi connectivity index (χ1n) is 22.0. The van der Waals surface area contributed by atoms with Crippen LogP contribution in [-0.2, 0) is 13.1 Å². The number of amides is 4. The van der Waals surface area contributed by atoms with Crippen molar-refractivity contribution in [3.8, 4) is 17.8 Å². The van der Waals surface area contributed by atoms with Gasteiger partial charge in [0, 0.05) is 57.0 Å². The first-order valence-corrected chi connectivity index (χ1v) is 22.0. The summed E-state index contributed by atoms with van der Waals surface area (Å²) in [5.41, 5.74) is -12.2. The lowest BCUT2D eigenvalue weighted by molar-refractivity contribution is 0.0675. The second-order valence-corrected chi connectivity index (χ2v) is 16.1. The molecule has 0 spiro atoms. The molecule has 0 unspecified atom stereocenters. The third kappa shape index (κ3) is 11.5. The van der Waals surface area contributed by atoms with E-state index in [1.807, 2.05) is 0 Å². The van der Waals surface area contributed by atoms with E-state index in [1.54, 1.807) is 6.07 Å². The molecule has 30 heteroatoms. The van der Waals surface area contributed by atoms with Crippen LogP contribution < -0.4 is 32.4 Å². The van der Waals surface area contributed by atoms with Gasteiger partial charge in [-0.15, -0.1) is 20.5 Å². The Morgan fingerprint density at radius 1 is 0.538 bits per heavy atom. The van der Waals surface area contributed by atoms with Gasteiger partial charge in [0.15, 0.2) is 11.6 Å². The minimum Gasteiger partial charge on any atom is -0.503 e. The maximum atomic E-state index is 13.7. The number of nitrogens with one attached hydrogen (secondary N) is 4. The zero-order valence-electron chi connectivity index (χ0n) is 41.0. The van der Waals surface area contributed by atoms with Gasteiger partial charge in [-0.1, -0.05) is 0 Å². The Morgan fingerprint density at radius 3 is 1.31 bits per heavy atom. The Balaban J connectivity index is 1.42. The van der Waals surface area contributed by atoms with Gasteiger partial charge in [0.1, 0.15) is 28.7 Å². The lowest BCUT2D eigenvalue weighted by Gasteiger charge is -2.16. The van der Waals surface area contributed by atoms with Crippen LogP contribution >= 0.6 is 0 Å². The summed E-state index contributed by atoms with van der Waals surface area (Å²) in [6.07, 6.45) is 0. The SMILES string of the molecule is [C-]#[N+]c1c(C)c(N=Nc2c(C)cc(C(=O)NC)cc2C(=O)O)c(=O)n(CCNC(=O)c2cc(C(=O)O)c(C(=O)NCCn3c(O)c(C#N)c(C)c(N=Nc4c(C(=O)O)cc(C(=O)NC)cc4C(=O)O)c3=O)cc2C(=O)O)c1O. The van der Waals surface area contributed by atoms with Crippen molar-refractivity contribution < 1.29 is 78.9 Å². The number of aromatic hydroxyl groups is 2. The number of carboxylic acids is 5. The highest BCUT2D eigenvalue weighted by molar-refractivity contribution is 6.12. The van der Waals surface area contributed by atoms with Crippen LogP contribution in [-0.4, -0.2) is 126 Å². The summed E-state index contributed by atoms with van der Waals surface area (Å²) in [5, 5.41) is 106. The highest BCUT2D eigenvalue weighted by Gasteiger charge is 2.28. The number of carbonyl (C=O) groups excluding carboxylic acids is 4. The first kappa shape index (κ1) is 57.5. The topological polar surface area (TPSA) is 465 Å². The fourth-order valence-corrected chi connectivity index (χ4v) is 7.49. The molecule has 30 nitrogen and oxygen atoms in total. The molecule has 0 aliphatic carbocycles. The average Bonchev–Trinajstić information content (AvgIpc) is 3.39. The van der Waals surface area contributed by atoms with E-state index in [9.17, 15) is 93.7 Å². The van der Waals surface area contributed by atoms with Crippen molar-refractivity contribution in [1.29, 1.82) is 5.26 Å². The molecule has 78 heavy (non-hydrogen) atoms. The number of azo groups is 2. The Bertz CT molecular complexity index is 3730. The molecule has 2 aromatic heterocycles. The smallest absolute Gasteiger partial charge is 0.338 e. The number of aryl methyl sites for hydroxylation is 1. The Kier molecular flexibility index (Phi) is 17.4. The Labute approximate surface area is 435 Å². The molecule has 4 amide bonds. The van der Waals surface area contributed by atoms with Gasteiger partial charge in [0.05, 0.1) is 45.5 Å².